The van der Waals surface area contributed by atoms with Gasteiger partial charge in [-0.2, -0.15) is 4.98 Å². The Hall–Kier alpha value is -2.61. The minimum atomic E-state index is -0.417. The molecule has 128 valence electrons. The summed E-state index contributed by atoms with van der Waals surface area (Å²) in [5.41, 5.74) is 2.41. The number of aliphatic hydroxyl groups excluding tert-OH is 1. The molecule has 0 fully saturated rings. The molecule has 0 aliphatic carbocycles. The van der Waals surface area contributed by atoms with Crippen LogP contribution in [-0.4, -0.2) is 34.8 Å². The lowest BCUT2D eigenvalue weighted by Crippen LogP contribution is -2.39. The Bertz CT molecular complexity index is 1090. The summed E-state index contributed by atoms with van der Waals surface area (Å²) >= 11 is 0. The summed E-state index contributed by atoms with van der Waals surface area (Å²) in [6, 6.07) is 0. The number of rotatable bonds is 4. The maximum absolute atomic E-state index is 12.9. The van der Waals surface area contributed by atoms with Crippen LogP contribution < -0.4 is 11.2 Å². The van der Waals surface area contributed by atoms with Crippen molar-refractivity contribution in [1.82, 2.24) is 23.1 Å². The predicted octanol–water partition coefficient (Wildman–Crippen LogP) is 0.335. The fourth-order valence-corrected chi connectivity index (χ4v) is 3.09. The van der Waals surface area contributed by atoms with Crippen molar-refractivity contribution in [2.24, 2.45) is 7.05 Å². The van der Waals surface area contributed by atoms with E-state index in [0.29, 0.717) is 23.5 Å². The van der Waals surface area contributed by atoms with E-state index in [1.807, 2.05) is 18.4 Å². The van der Waals surface area contributed by atoms with Gasteiger partial charge in [-0.1, -0.05) is 12.2 Å². The van der Waals surface area contributed by atoms with Crippen molar-refractivity contribution in [3.05, 3.63) is 44.4 Å². The molecular weight excluding hydrogens is 310 g/mol. The largest absolute Gasteiger partial charge is 0.395 e. The summed E-state index contributed by atoms with van der Waals surface area (Å²) in [4.78, 5) is 29.9. The molecule has 8 nitrogen and oxygen atoms in total. The number of aliphatic hydroxyl groups is 1. The van der Waals surface area contributed by atoms with Gasteiger partial charge in [-0.25, -0.2) is 4.79 Å². The summed E-state index contributed by atoms with van der Waals surface area (Å²) in [6.45, 7) is 9.88. The van der Waals surface area contributed by atoms with Crippen molar-refractivity contribution in [2.75, 3.05) is 6.61 Å². The van der Waals surface area contributed by atoms with Crippen LogP contribution in [0.2, 0.25) is 0 Å². The Morgan fingerprint density at radius 2 is 1.88 bits per heavy atom. The Morgan fingerprint density at radius 1 is 1.21 bits per heavy atom. The third-order valence-corrected chi connectivity index (χ3v) is 4.38. The summed E-state index contributed by atoms with van der Waals surface area (Å²) < 4.78 is 6.17. The van der Waals surface area contributed by atoms with E-state index in [2.05, 4.69) is 11.6 Å². The quantitative estimate of drug-likeness (QED) is 0.698. The highest BCUT2D eigenvalue weighted by Gasteiger charge is 2.22. The van der Waals surface area contributed by atoms with Crippen LogP contribution in [0.25, 0.3) is 16.9 Å². The zero-order chi connectivity index (χ0) is 17.8. The second-order valence-electron chi connectivity index (χ2n) is 6.16. The first-order valence-electron chi connectivity index (χ1n) is 7.72. The molecule has 0 bridgehead atoms. The van der Waals surface area contributed by atoms with Crippen molar-refractivity contribution in [2.45, 2.75) is 33.9 Å². The lowest BCUT2D eigenvalue weighted by molar-refractivity contribution is 0.276. The highest BCUT2D eigenvalue weighted by molar-refractivity contribution is 5.76. The fraction of sp³-hybridized carbons (Fsp3) is 0.438. The third kappa shape index (κ3) is 2.06. The third-order valence-electron chi connectivity index (χ3n) is 4.38. The van der Waals surface area contributed by atoms with E-state index in [1.165, 1.54) is 9.13 Å². The normalized spacial score (nSPS) is 11.7. The molecule has 0 amide bonds. The maximum Gasteiger partial charge on any atom is 0.332 e. The SMILES string of the molecule is C=C(C)Cn1c(=O)c2c(nc3n(CCO)c(C)c(C)n23)n(C)c1=O. The zero-order valence-electron chi connectivity index (χ0n) is 14.3. The molecule has 3 heterocycles. The minimum Gasteiger partial charge on any atom is -0.395 e. The van der Waals surface area contributed by atoms with Crippen molar-refractivity contribution in [1.29, 1.82) is 0 Å². The van der Waals surface area contributed by atoms with Gasteiger partial charge in [0.2, 0.25) is 5.78 Å². The molecule has 0 atom stereocenters. The van der Waals surface area contributed by atoms with Crippen LogP contribution in [0.15, 0.2) is 21.7 Å². The highest BCUT2D eigenvalue weighted by atomic mass is 16.3. The molecular formula is C16H21N5O3. The van der Waals surface area contributed by atoms with E-state index in [-0.39, 0.29) is 18.7 Å². The van der Waals surface area contributed by atoms with Gasteiger partial charge < -0.3 is 9.67 Å². The first-order valence-corrected chi connectivity index (χ1v) is 7.72. The van der Waals surface area contributed by atoms with Crippen LogP contribution in [0, 0.1) is 13.8 Å². The molecule has 0 aliphatic rings. The van der Waals surface area contributed by atoms with Crippen molar-refractivity contribution in [3.8, 4) is 0 Å². The molecule has 0 unspecified atom stereocenters. The van der Waals surface area contributed by atoms with Crippen LogP contribution in [0.4, 0.5) is 0 Å². The first kappa shape index (κ1) is 16.3. The Balaban J connectivity index is 2.54. The van der Waals surface area contributed by atoms with Crippen LogP contribution in [0.1, 0.15) is 18.3 Å². The Morgan fingerprint density at radius 3 is 2.46 bits per heavy atom. The van der Waals surface area contributed by atoms with E-state index in [0.717, 1.165) is 17.0 Å². The number of nitrogens with zero attached hydrogens (tertiary/aromatic N) is 5. The minimum absolute atomic E-state index is 0.0351. The monoisotopic (exact) mass is 331 g/mol. The topological polar surface area (TPSA) is 86.5 Å². The Labute approximate surface area is 137 Å². The molecule has 24 heavy (non-hydrogen) atoms. The molecule has 3 rings (SSSR count). The van der Waals surface area contributed by atoms with Gasteiger partial charge in [0.05, 0.1) is 13.2 Å². The van der Waals surface area contributed by atoms with Gasteiger partial charge in [-0.05, 0) is 20.8 Å². The van der Waals surface area contributed by atoms with Crippen molar-refractivity contribution >= 4 is 16.9 Å². The Kier molecular flexibility index (Phi) is 3.71. The highest BCUT2D eigenvalue weighted by Crippen LogP contribution is 2.20. The second kappa shape index (κ2) is 5.48. The number of allylic oxidation sites excluding steroid dienone is 1. The zero-order valence-corrected chi connectivity index (χ0v) is 14.3. The van der Waals surface area contributed by atoms with Gasteiger partial charge in [0.1, 0.15) is 0 Å². The fourth-order valence-electron chi connectivity index (χ4n) is 3.09. The van der Waals surface area contributed by atoms with Gasteiger partial charge in [0.25, 0.3) is 5.56 Å². The van der Waals surface area contributed by atoms with E-state index < -0.39 is 5.69 Å². The lowest BCUT2D eigenvalue weighted by Gasteiger charge is -2.08. The van der Waals surface area contributed by atoms with Gasteiger partial charge >= 0.3 is 5.69 Å². The average Bonchev–Trinajstić information content (AvgIpc) is 3.02. The molecule has 0 aromatic carbocycles. The molecule has 0 saturated heterocycles. The van der Waals surface area contributed by atoms with E-state index in [4.69, 9.17) is 0 Å². The molecule has 1 N–H and O–H groups in total. The maximum atomic E-state index is 12.9. The van der Waals surface area contributed by atoms with Crippen molar-refractivity contribution < 1.29 is 5.11 Å². The molecule has 0 aliphatic heterocycles. The molecule has 3 aromatic heterocycles. The number of imidazole rings is 2. The summed E-state index contributed by atoms with van der Waals surface area (Å²) in [5.74, 6) is 0.550. The van der Waals surface area contributed by atoms with Gasteiger partial charge in [0.15, 0.2) is 11.2 Å². The standard InChI is InChI=1S/C16H21N5O3/c1-9(2)8-20-14(23)12-13(18(5)16(20)24)17-15-19(6-7-22)10(3)11(4)21(12)15/h22H,1,6-8H2,2-5H3. The number of hydrogen-bond acceptors (Lipinski definition) is 4. The van der Waals surface area contributed by atoms with Gasteiger partial charge in [-0.15, -0.1) is 0 Å². The summed E-state index contributed by atoms with van der Waals surface area (Å²) in [6.07, 6.45) is 0. The molecule has 0 spiro atoms. The summed E-state index contributed by atoms with van der Waals surface area (Å²) in [7, 11) is 1.60. The lowest BCUT2D eigenvalue weighted by atomic mass is 10.3. The number of aromatic nitrogens is 5. The van der Waals surface area contributed by atoms with Crippen LogP contribution in [0.5, 0.6) is 0 Å². The van der Waals surface area contributed by atoms with Gasteiger partial charge in [0, 0.05) is 25.0 Å². The van der Waals surface area contributed by atoms with E-state index in [1.54, 1.807) is 18.4 Å². The summed E-state index contributed by atoms with van der Waals surface area (Å²) in [5, 5.41) is 9.30. The van der Waals surface area contributed by atoms with Crippen LogP contribution >= 0.6 is 0 Å². The smallest absolute Gasteiger partial charge is 0.332 e. The molecule has 0 saturated carbocycles. The number of fused-ring (bicyclic) bond motifs is 3. The number of aryl methyl sites for hydroxylation is 2. The van der Waals surface area contributed by atoms with Crippen LogP contribution in [0.3, 0.4) is 0 Å². The second-order valence-corrected chi connectivity index (χ2v) is 6.16. The molecule has 3 aromatic rings. The first-order chi connectivity index (χ1) is 11.3. The predicted molar refractivity (Wildman–Crippen MR) is 91.6 cm³/mol. The van der Waals surface area contributed by atoms with Crippen LogP contribution in [-0.2, 0) is 20.1 Å². The van der Waals surface area contributed by atoms with E-state index >= 15 is 0 Å². The van der Waals surface area contributed by atoms with Crippen molar-refractivity contribution in [3.63, 3.8) is 0 Å². The average molecular weight is 331 g/mol. The van der Waals surface area contributed by atoms with E-state index in [9.17, 15) is 14.7 Å². The van der Waals surface area contributed by atoms with Gasteiger partial charge in [-0.3, -0.25) is 18.3 Å². The molecule has 8 heteroatoms. The molecule has 0 radical (unpaired) electrons. The number of hydrogen-bond donors (Lipinski definition) is 1.